The van der Waals surface area contributed by atoms with Gasteiger partial charge in [0, 0.05) is 11.8 Å². The molecule has 21 heavy (non-hydrogen) atoms. The summed E-state index contributed by atoms with van der Waals surface area (Å²) in [5, 5.41) is 2.96. The molecule has 2 rings (SSSR count). The number of rotatable bonds is 4. The summed E-state index contributed by atoms with van der Waals surface area (Å²) in [6.45, 7) is 0.278. The van der Waals surface area contributed by atoms with Crippen LogP contribution >= 0.6 is 24.0 Å². The van der Waals surface area contributed by atoms with Gasteiger partial charge in [0.15, 0.2) is 5.96 Å². The maximum Gasteiger partial charge on any atom is 0.193 e. The highest BCUT2D eigenvalue weighted by Crippen LogP contribution is 2.16. The van der Waals surface area contributed by atoms with E-state index in [1.165, 1.54) is 19.2 Å². The first-order valence-corrected chi connectivity index (χ1v) is 6.13. The molecule has 2 aromatic carbocycles. The molecule has 0 amide bonds. The Labute approximate surface area is 140 Å². The molecule has 0 saturated carbocycles. The van der Waals surface area contributed by atoms with Gasteiger partial charge in [0.2, 0.25) is 0 Å². The number of hydrogen-bond donors (Lipinski definition) is 2. The average Bonchev–Trinajstić information content (AvgIpc) is 2.45. The Morgan fingerprint density at radius 3 is 2.62 bits per heavy atom. The van der Waals surface area contributed by atoms with Gasteiger partial charge in [-0.05, 0) is 29.8 Å². The fourth-order valence-corrected chi connectivity index (χ4v) is 1.72. The number of nitrogens with two attached hydrogens (primary N) is 1. The molecule has 4 nitrogen and oxygen atoms in total. The molecule has 112 valence electrons. The third kappa shape index (κ3) is 5.58. The highest BCUT2D eigenvalue weighted by atomic mass is 127. The molecular formula is C15H17FIN3O. The van der Waals surface area contributed by atoms with Crippen molar-refractivity contribution in [3.05, 3.63) is 59.9 Å². The lowest BCUT2D eigenvalue weighted by molar-refractivity contribution is 0.410. The van der Waals surface area contributed by atoms with Crippen molar-refractivity contribution < 1.29 is 9.13 Å². The summed E-state index contributed by atoms with van der Waals surface area (Å²) in [6.07, 6.45) is 0. The van der Waals surface area contributed by atoms with Crippen LogP contribution in [0.15, 0.2) is 53.5 Å². The molecule has 3 N–H and O–H groups in total. The van der Waals surface area contributed by atoms with Crippen LogP contribution in [0.5, 0.6) is 5.75 Å². The monoisotopic (exact) mass is 401 g/mol. The average molecular weight is 401 g/mol. The van der Waals surface area contributed by atoms with Crippen molar-refractivity contribution in [3.63, 3.8) is 0 Å². The molecule has 0 atom stereocenters. The predicted octanol–water partition coefficient (Wildman–Crippen LogP) is 3.38. The summed E-state index contributed by atoms with van der Waals surface area (Å²) in [5.41, 5.74) is 7.32. The first kappa shape index (κ1) is 17.2. The first-order valence-electron chi connectivity index (χ1n) is 6.13. The molecule has 0 fully saturated rings. The zero-order valence-corrected chi connectivity index (χ0v) is 13.9. The molecule has 0 aromatic heterocycles. The lowest BCUT2D eigenvalue weighted by Crippen LogP contribution is -2.22. The number of para-hydroxylation sites is 1. The zero-order chi connectivity index (χ0) is 14.4. The van der Waals surface area contributed by atoms with Crippen LogP contribution in [0.2, 0.25) is 0 Å². The number of hydrogen-bond acceptors (Lipinski definition) is 2. The van der Waals surface area contributed by atoms with Crippen LogP contribution in [0.4, 0.5) is 10.1 Å². The summed E-state index contributed by atoms with van der Waals surface area (Å²) in [7, 11) is 1.49. The van der Waals surface area contributed by atoms with E-state index in [4.69, 9.17) is 10.5 Å². The van der Waals surface area contributed by atoms with Crippen molar-refractivity contribution >= 4 is 35.6 Å². The summed E-state index contributed by atoms with van der Waals surface area (Å²) >= 11 is 0. The Bertz CT molecular complexity index is 605. The largest absolute Gasteiger partial charge is 0.497 e. The minimum Gasteiger partial charge on any atom is -0.497 e. The number of benzene rings is 2. The molecule has 0 saturated heterocycles. The number of guanidine groups is 1. The van der Waals surface area contributed by atoms with E-state index in [0.29, 0.717) is 11.3 Å². The van der Waals surface area contributed by atoms with Crippen molar-refractivity contribution in [3.8, 4) is 5.75 Å². The van der Waals surface area contributed by atoms with Crippen LogP contribution in [0.1, 0.15) is 5.56 Å². The van der Waals surface area contributed by atoms with Crippen molar-refractivity contribution in [1.29, 1.82) is 0 Å². The predicted molar refractivity (Wildman–Crippen MR) is 93.8 cm³/mol. The van der Waals surface area contributed by atoms with E-state index >= 15 is 0 Å². The van der Waals surface area contributed by atoms with Crippen LogP contribution < -0.4 is 15.8 Å². The Morgan fingerprint density at radius 1 is 1.24 bits per heavy atom. The summed E-state index contributed by atoms with van der Waals surface area (Å²) < 4.78 is 18.3. The maximum atomic E-state index is 13.3. The number of halogens is 2. The zero-order valence-electron chi connectivity index (χ0n) is 11.5. The quantitative estimate of drug-likeness (QED) is 0.469. The van der Waals surface area contributed by atoms with Gasteiger partial charge < -0.3 is 15.8 Å². The number of nitrogens with zero attached hydrogens (tertiary/aromatic N) is 1. The molecule has 0 unspecified atom stereocenters. The smallest absolute Gasteiger partial charge is 0.193 e. The van der Waals surface area contributed by atoms with Crippen LogP contribution in [0.3, 0.4) is 0 Å². The molecule has 0 radical (unpaired) electrons. The highest BCUT2D eigenvalue weighted by molar-refractivity contribution is 14.0. The molecule has 0 bridgehead atoms. The van der Waals surface area contributed by atoms with Gasteiger partial charge in [-0.2, -0.15) is 0 Å². The molecule has 0 aliphatic carbocycles. The van der Waals surface area contributed by atoms with Crippen LogP contribution in [-0.4, -0.2) is 13.1 Å². The van der Waals surface area contributed by atoms with Gasteiger partial charge >= 0.3 is 0 Å². The van der Waals surface area contributed by atoms with E-state index in [-0.39, 0.29) is 42.3 Å². The number of anilines is 1. The van der Waals surface area contributed by atoms with E-state index in [2.05, 4.69) is 10.3 Å². The maximum absolute atomic E-state index is 13.3. The van der Waals surface area contributed by atoms with Crippen LogP contribution in [0, 0.1) is 5.82 Å². The third-order valence-electron chi connectivity index (χ3n) is 2.64. The molecule has 2 aromatic rings. The minimum atomic E-state index is -0.357. The minimum absolute atomic E-state index is 0. The normalized spacial score (nSPS) is 10.7. The highest BCUT2D eigenvalue weighted by Gasteiger charge is 2.01. The van der Waals surface area contributed by atoms with Crippen LogP contribution in [-0.2, 0) is 6.54 Å². The van der Waals surface area contributed by atoms with Gasteiger partial charge in [-0.1, -0.05) is 18.2 Å². The van der Waals surface area contributed by atoms with E-state index in [9.17, 15) is 4.39 Å². The number of nitrogens with one attached hydrogen (secondary N) is 1. The third-order valence-corrected chi connectivity index (χ3v) is 2.64. The summed E-state index contributed by atoms with van der Waals surface area (Å²) in [6, 6.07) is 13.9. The molecule has 0 heterocycles. The lowest BCUT2D eigenvalue weighted by Gasteiger charge is -2.06. The summed E-state index contributed by atoms with van der Waals surface area (Å²) in [5.74, 6) is 0.383. The van der Waals surface area contributed by atoms with E-state index in [0.717, 1.165) is 5.69 Å². The van der Waals surface area contributed by atoms with Gasteiger partial charge in [-0.3, -0.25) is 0 Å². The van der Waals surface area contributed by atoms with Crippen molar-refractivity contribution in [2.75, 3.05) is 12.4 Å². The molecule has 6 heteroatoms. The molecular weight excluding hydrogens is 384 g/mol. The first-order chi connectivity index (χ1) is 9.67. The second kappa shape index (κ2) is 8.46. The SMILES string of the molecule is COc1cc(F)cc(CN=C(N)Nc2ccccc2)c1.I. The van der Waals surface area contributed by atoms with Gasteiger partial charge in [-0.25, -0.2) is 9.38 Å². The molecule has 0 aliphatic heterocycles. The standard InChI is InChI=1S/C15H16FN3O.HI/c1-20-14-8-11(7-12(16)9-14)10-18-15(17)19-13-5-3-2-4-6-13;/h2-9H,10H2,1H3,(H3,17,18,19);1H. The van der Waals surface area contributed by atoms with Gasteiger partial charge in [0.05, 0.1) is 13.7 Å². The fraction of sp³-hybridized carbons (Fsp3) is 0.133. The Balaban J connectivity index is 0.00000220. The van der Waals surface area contributed by atoms with Crippen LogP contribution in [0.25, 0.3) is 0 Å². The number of methoxy groups -OCH3 is 1. The van der Waals surface area contributed by atoms with Gasteiger partial charge in [0.25, 0.3) is 0 Å². The van der Waals surface area contributed by atoms with Crippen molar-refractivity contribution in [1.82, 2.24) is 0 Å². The van der Waals surface area contributed by atoms with Crippen molar-refractivity contribution in [2.45, 2.75) is 6.54 Å². The Kier molecular flexibility index (Phi) is 6.93. The Hall–Kier alpha value is -1.83. The topological polar surface area (TPSA) is 59.6 Å². The Morgan fingerprint density at radius 2 is 1.95 bits per heavy atom. The van der Waals surface area contributed by atoms with E-state index in [1.54, 1.807) is 6.07 Å². The number of aliphatic imine (C=N–C) groups is 1. The second-order valence-corrected chi connectivity index (χ2v) is 4.19. The molecule has 0 spiro atoms. The van der Waals surface area contributed by atoms with Gasteiger partial charge in [0.1, 0.15) is 11.6 Å². The lowest BCUT2D eigenvalue weighted by atomic mass is 10.2. The number of ether oxygens (including phenoxy) is 1. The van der Waals surface area contributed by atoms with Gasteiger partial charge in [-0.15, -0.1) is 24.0 Å². The van der Waals surface area contributed by atoms with E-state index < -0.39 is 0 Å². The molecule has 0 aliphatic rings. The second-order valence-electron chi connectivity index (χ2n) is 4.19. The van der Waals surface area contributed by atoms with E-state index in [1.807, 2.05) is 30.3 Å². The fourth-order valence-electron chi connectivity index (χ4n) is 1.72. The van der Waals surface area contributed by atoms with Crippen molar-refractivity contribution in [2.24, 2.45) is 10.7 Å². The summed E-state index contributed by atoms with van der Waals surface area (Å²) in [4.78, 5) is 4.17.